The molecule has 0 radical (unpaired) electrons. The van der Waals surface area contributed by atoms with Gasteiger partial charge in [0, 0.05) is 23.9 Å². The third-order valence-corrected chi connectivity index (χ3v) is 4.70. The van der Waals surface area contributed by atoms with Gasteiger partial charge >= 0.3 is 0 Å². The summed E-state index contributed by atoms with van der Waals surface area (Å²) >= 11 is 12.0. The number of alkyl halides is 1. The van der Waals surface area contributed by atoms with Crippen molar-refractivity contribution in [3.63, 3.8) is 0 Å². The summed E-state index contributed by atoms with van der Waals surface area (Å²) in [6.07, 6.45) is 7.63. The van der Waals surface area contributed by atoms with E-state index < -0.39 is 0 Å². The Labute approximate surface area is 130 Å². The molecule has 0 N–H and O–H groups in total. The predicted octanol–water partition coefficient (Wildman–Crippen LogP) is 5.05. The van der Waals surface area contributed by atoms with Gasteiger partial charge in [0.25, 0.3) is 0 Å². The van der Waals surface area contributed by atoms with E-state index in [9.17, 15) is 0 Å². The maximum absolute atomic E-state index is 6.07. The third kappa shape index (κ3) is 2.96. The zero-order valence-electron chi connectivity index (χ0n) is 11.6. The third-order valence-electron chi connectivity index (χ3n) is 4.27. The second-order valence-electron chi connectivity index (χ2n) is 5.71. The highest BCUT2D eigenvalue weighted by Gasteiger charge is 2.18. The van der Waals surface area contributed by atoms with Crippen LogP contribution in [0.25, 0.3) is 11.0 Å². The summed E-state index contributed by atoms with van der Waals surface area (Å²) < 4.78 is 2.37. The van der Waals surface area contributed by atoms with Gasteiger partial charge < -0.3 is 4.57 Å². The Morgan fingerprint density at radius 2 is 2.00 bits per heavy atom. The quantitative estimate of drug-likeness (QED) is 0.722. The van der Waals surface area contributed by atoms with E-state index in [0.717, 1.165) is 35.2 Å². The number of aryl methyl sites for hydroxylation is 1. The van der Waals surface area contributed by atoms with Gasteiger partial charge in [-0.15, -0.1) is 11.6 Å². The average molecular weight is 311 g/mol. The molecule has 108 valence electrons. The number of aromatic nitrogens is 2. The molecule has 1 aromatic heterocycles. The maximum Gasteiger partial charge on any atom is 0.111 e. The van der Waals surface area contributed by atoms with Crippen molar-refractivity contribution in [3.05, 3.63) is 29.0 Å². The number of halogens is 2. The Bertz CT molecular complexity index is 585. The van der Waals surface area contributed by atoms with E-state index in [2.05, 4.69) is 10.6 Å². The smallest absolute Gasteiger partial charge is 0.111 e. The lowest BCUT2D eigenvalue weighted by Crippen LogP contribution is -2.16. The summed E-state index contributed by atoms with van der Waals surface area (Å²) in [6.45, 7) is 1.07. The summed E-state index contributed by atoms with van der Waals surface area (Å²) in [5, 5.41) is 0.747. The topological polar surface area (TPSA) is 17.8 Å². The van der Waals surface area contributed by atoms with Crippen LogP contribution in [0.15, 0.2) is 18.2 Å². The van der Waals surface area contributed by atoms with E-state index in [1.165, 1.54) is 37.6 Å². The maximum atomic E-state index is 6.07. The highest BCUT2D eigenvalue weighted by atomic mass is 35.5. The van der Waals surface area contributed by atoms with Crippen LogP contribution in [0.4, 0.5) is 0 Å². The van der Waals surface area contributed by atoms with Crippen molar-refractivity contribution in [2.24, 2.45) is 5.92 Å². The first kappa shape index (κ1) is 14.2. The predicted molar refractivity (Wildman–Crippen MR) is 85.7 cm³/mol. The van der Waals surface area contributed by atoms with Crippen LogP contribution < -0.4 is 0 Å². The van der Waals surface area contributed by atoms with E-state index >= 15 is 0 Å². The molecule has 20 heavy (non-hydrogen) atoms. The molecule has 0 saturated heterocycles. The lowest BCUT2D eigenvalue weighted by Gasteiger charge is -2.23. The monoisotopic (exact) mass is 310 g/mol. The Morgan fingerprint density at radius 3 is 2.75 bits per heavy atom. The molecule has 0 amide bonds. The molecule has 0 bridgehead atoms. The van der Waals surface area contributed by atoms with Crippen LogP contribution in [0.3, 0.4) is 0 Å². The van der Waals surface area contributed by atoms with Crippen molar-refractivity contribution in [2.75, 3.05) is 5.88 Å². The van der Waals surface area contributed by atoms with Crippen molar-refractivity contribution in [3.8, 4) is 0 Å². The van der Waals surface area contributed by atoms with E-state index in [1.807, 2.05) is 12.1 Å². The van der Waals surface area contributed by atoms with Crippen molar-refractivity contribution in [2.45, 2.75) is 45.1 Å². The zero-order valence-corrected chi connectivity index (χ0v) is 13.1. The zero-order chi connectivity index (χ0) is 13.9. The molecular weight excluding hydrogens is 291 g/mol. The molecule has 1 fully saturated rings. The normalized spacial score (nSPS) is 16.9. The molecule has 4 heteroatoms. The highest BCUT2D eigenvalue weighted by molar-refractivity contribution is 6.31. The summed E-state index contributed by atoms with van der Waals surface area (Å²) in [7, 11) is 0. The van der Waals surface area contributed by atoms with E-state index in [4.69, 9.17) is 28.2 Å². The summed E-state index contributed by atoms with van der Waals surface area (Å²) in [5.74, 6) is 2.50. The molecule has 0 unspecified atom stereocenters. The molecule has 1 saturated carbocycles. The van der Waals surface area contributed by atoms with Gasteiger partial charge in [-0.2, -0.15) is 0 Å². The summed E-state index contributed by atoms with van der Waals surface area (Å²) in [4.78, 5) is 4.72. The molecule has 2 nitrogen and oxygen atoms in total. The number of fused-ring (bicyclic) bond motifs is 1. The summed E-state index contributed by atoms with van der Waals surface area (Å²) in [6, 6.07) is 5.99. The Kier molecular flexibility index (Phi) is 4.52. The lowest BCUT2D eigenvalue weighted by atomic mass is 9.89. The van der Waals surface area contributed by atoms with Crippen molar-refractivity contribution < 1.29 is 0 Å². The first-order chi connectivity index (χ1) is 9.78. The van der Waals surface area contributed by atoms with E-state index in [-0.39, 0.29) is 0 Å². The lowest BCUT2D eigenvalue weighted by molar-refractivity contribution is 0.319. The molecular formula is C16H20Cl2N2. The Hall–Kier alpha value is -0.730. The molecule has 3 rings (SSSR count). The van der Waals surface area contributed by atoms with Crippen LogP contribution in [0, 0.1) is 5.92 Å². The molecule has 0 spiro atoms. The van der Waals surface area contributed by atoms with Crippen molar-refractivity contribution in [1.29, 1.82) is 0 Å². The minimum absolute atomic E-state index is 0.613. The second-order valence-corrected chi connectivity index (χ2v) is 6.53. The second kappa shape index (κ2) is 6.36. The van der Waals surface area contributed by atoms with Gasteiger partial charge in [0.2, 0.25) is 0 Å². The van der Waals surface area contributed by atoms with Gasteiger partial charge in [0.1, 0.15) is 5.82 Å². The first-order valence-corrected chi connectivity index (χ1v) is 8.40. The molecule has 1 aliphatic carbocycles. The van der Waals surface area contributed by atoms with Crippen LogP contribution in [0.1, 0.15) is 37.9 Å². The Morgan fingerprint density at radius 1 is 1.20 bits per heavy atom. The molecule has 1 aliphatic rings. The summed E-state index contributed by atoms with van der Waals surface area (Å²) in [5.41, 5.74) is 2.19. The average Bonchev–Trinajstić information content (AvgIpc) is 2.77. The van der Waals surface area contributed by atoms with Crippen LogP contribution in [-0.4, -0.2) is 15.4 Å². The fourth-order valence-corrected chi connectivity index (χ4v) is 3.60. The number of rotatable bonds is 4. The van der Waals surface area contributed by atoms with Crippen LogP contribution in [0.5, 0.6) is 0 Å². The van der Waals surface area contributed by atoms with Gasteiger partial charge in [-0.25, -0.2) is 4.98 Å². The number of nitrogens with zero attached hydrogens (tertiary/aromatic N) is 2. The first-order valence-electron chi connectivity index (χ1n) is 7.48. The van der Waals surface area contributed by atoms with Crippen LogP contribution in [-0.2, 0) is 13.0 Å². The molecule has 2 aromatic rings. The van der Waals surface area contributed by atoms with Crippen LogP contribution >= 0.6 is 23.2 Å². The largest absolute Gasteiger partial charge is 0.328 e. The Balaban J connectivity index is 1.95. The van der Waals surface area contributed by atoms with Gasteiger partial charge in [0.05, 0.1) is 11.0 Å². The number of hydrogen-bond donors (Lipinski definition) is 0. The fourth-order valence-electron chi connectivity index (χ4n) is 3.26. The van der Waals surface area contributed by atoms with Crippen LogP contribution in [0.2, 0.25) is 5.02 Å². The molecule has 1 heterocycles. The molecule has 0 aliphatic heterocycles. The van der Waals surface area contributed by atoms with Crippen molar-refractivity contribution >= 4 is 34.2 Å². The highest BCUT2D eigenvalue weighted by Crippen LogP contribution is 2.28. The van der Waals surface area contributed by atoms with Gasteiger partial charge in [-0.1, -0.05) is 30.9 Å². The number of hydrogen-bond acceptors (Lipinski definition) is 1. The number of benzene rings is 1. The van der Waals surface area contributed by atoms with E-state index in [1.54, 1.807) is 0 Å². The van der Waals surface area contributed by atoms with Gasteiger partial charge in [-0.05, 0) is 37.0 Å². The van der Waals surface area contributed by atoms with E-state index in [0.29, 0.717) is 5.88 Å². The SMILES string of the molecule is ClCCc1nc2cc(Cl)ccc2n1CC1CCCCC1. The molecule has 0 atom stereocenters. The van der Waals surface area contributed by atoms with Gasteiger partial charge in [-0.3, -0.25) is 0 Å². The molecule has 1 aromatic carbocycles. The van der Waals surface area contributed by atoms with Crippen molar-refractivity contribution in [1.82, 2.24) is 9.55 Å². The standard InChI is InChI=1S/C16H20Cl2N2/c17-9-8-16-19-14-10-13(18)6-7-15(14)20(16)11-12-4-2-1-3-5-12/h6-7,10,12H,1-5,8-9,11H2. The minimum Gasteiger partial charge on any atom is -0.328 e. The minimum atomic E-state index is 0.613. The number of imidazole rings is 1. The fraction of sp³-hybridized carbons (Fsp3) is 0.562. The van der Waals surface area contributed by atoms with Gasteiger partial charge in [0.15, 0.2) is 0 Å².